The highest BCUT2D eigenvalue weighted by molar-refractivity contribution is 5.84. The van der Waals surface area contributed by atoms with Gasteiger partial charge in [-0.1, -0.05) is 18.2 Å². The molecule has 2 aromatic carbocycles. The van der Waals surface area contributed by atoms with E-state index >= 15 is 0 Å². The van der Waals surface area contributed by atoms with Crippen LogP contribution >= 0.6 is 0 Å². The molecule has 0 radical (unpaired) electrons. The molecule has 3 heteroatoms. The minimum atomic E-state index is 1.06. The lowest BCUT2D eigenvalue weighted by atomic mass is 10.2. The van der Waals surface area contributed by atoms with E-state index in [9.17, 15) is 0 Å². The fourth-order valence-corrected chi connectivity index (χ4v) is 2.38. The van der Waals surface area contributed by atoms with Crippen LogP contribution in [0.3, 0.4) is 0 Å². The van der Waals surface area contributed by atoms with Gasteiger partial charge in [-0.2, -0.15) is 5.10 Å². The monoisotopic (exact) mass is 233 g/mol. The zero-order valence-corrected chi connectivity index (χ0v) is 9.67. The molecule has 2 heterocycles. The van der Waals surface area contributed by atoms with Gasteiger partial charge < -0.3 is 4.57 Å². The van der Waals surface area contributed by atoms with Gasteiger partial charge in [-0.15, -0.1) is 0 Å². The Hall–Kier alpha value is -2.55. The average molecular weight is 233 g/mol. The number of fused-ring (bicyclic) bond motifs is 2. The molecule has 0 fully saturated rings. The summed E-state index contributed by atoms with van der Waals surface area (Å²) in [7, 11) is 0. The van der Waals surface area contributed by atoms with Crippen LogP contribution < -0.4 is 0 Å². The van der Waals surface area contributed by atoms with Gasteiger partial charge in [0.1, 0.15) is 0 Å². The molecule has 0 unspecified atom stereocenters. The Bertz CT molecular complexity index is 839. The summed E-state index contributed by atoms with van der Waals surface area (Å²) < 4.78 is 2.19. The first-order valence-electron chi connectivity index (χ1n) is 5.91. The van der Waals surface area contributed by atoms with Crippen molar-refractivity contribution in [1.82, 2.24) is 14.8 Å². The van der Waals surface area contributed by atoms with Gasteiger partial charge in [0.05, 0.1) is 17.2 Å². The average Bonchev–Trinajstić information content (AvgIpc) is 3.04. The van der Waals surface area contributed by atoms with E-state index in [4.69, 9.17) is 0 Å². The number of rotatable bonds is 1. The Morgan fingerprint density at radius 3 is 2.89 bits per heavy atom. The van der Waals surface area contributed by atoms with Crippen molar-refractivity contribution in [2.45, 2.75) is 0 Å². The number of para-hydroxylation sites is 1. The summed E-state index contributed by atoms with van der Waals surface area (Å²) in [6.07, 6.45) is 3.94. The van der Waals surface area contributed by atoms with E-state index in [1.165, 1.54) is 10.9 Å². The van der Waals surface area contributed by atoms with Crippen molar-refractivity contribution in [2.24, 2.45) is 0 Å². The normalized spacial score (nSPS) is 11.3. The number of hydrogen-bond donors (Lipinski definition) is 1. The summed E-state index contributed by atoms with van der Waals surface area (Å²) in [5.74, 6) is 0. The van der Waals surface area contributed by atoms with Crippen LogP contribution in [0.5, 0.6) is 0 Å². The minimum absolute atomic E-state index is 1.06. The van der Waals surface area contributed by atoms with Crippen molar-refractivity contribution in [2.75, 3.05) is 0 Å². The van der Waals surface area contributed by atoms with Crippen LogP contribution in [0.15, 0.2) is 60.9 Å². The van der Waals surface area contributed by atoms with Crippen molar-refractivity contribution in [3.8, 4) is 5.69 Å². The summed E-state index contributed by atoms with van der Waals surface area (Å²) in [6, 6.07) is 16.8. The maximum atomic E-state index is 4.05. The van der Waals surface area contributed by atoms with Crippen LogP contribution in [0, 0.1) is 0 Å². The first-order chi connectivity index (χ1) is 8.92. The summed E-state index contributed by atoms with van der Waals surface area (Å²) in [5, 5.41) is 9.44. The van der Waals surface area contributed by atoms with Crippen molar-refractivity contribution in [3.05, 3.63) is 60.9 Å². The largest absolute Gasteiger partial charge is 0.316 e. The van der Waals surface area contributed by atoms with E-state index < -0.39 is 0 Å². The second kappa shape index (κ2) is 3.47. The Morgan fingerprint density at radius 1 is 0.944 bits per heavy atom. The van der Waals surface area contributed by atoms with E-state index in [0.29, 0.717) is 0 Å². The summed E-state index contributed by atoms with van der Waals surface area (Å²) in [4.78, 5) is 0. The van der Waals surface area contributed by atoms with E-state index in [2.05, 4.69) is 69.5 Å². The lowest BCUT2D eigenvalue weighted by Crippen LogP contribution is -1.91. The topological polar surface area (TPSA) is 33.6 Å². The minimum Gasteiger partial charge on any atom is -0.316 e. The molecule has 0 saturated heterocycles. The van der Waals surface area contributed by atoms with Crippen LogP contribution in [-0.2, 0) is 0 Å². The molecule has 0 atom stereocenters. The SMILES string of the molecule is c1ccc2c(c1)ccn2-c1ccc2cn[nH]c2c1. The molecule has 1 N–H and O–H groups in total. The van der Waals surface area contributed by atoms with Gasteiger partial charge in [0.25, 0.3) is 0 Å². The number of H-pyrrole nitrogens is 1. The number of benzene rings is 2. The molecule has 0 aliphatic carbocycles. The van der Waals surface area contributed by atoms with Crippen molar-refractivity contribution >= 4 is 21.8 Å². The van der Waals surface area contributed by atoms with Crippen LogP contribution in [0.25, 0.3) is 27.5 Å². The van der Waals surface area contributed by atoms with Gasteiger partial charge in [-0.05, 0) is 35.7 Å². The number of nitrogens with zero attached hydrogens (tertiary/aromatic N) is 2. The standard InChI is InChI=1S/C15H11N3/c1-2-4-15-11(3-1)7-8-18(15)13-6-5-12-10-16-17-14(12)9-13/h1-10H,(H,16,17). The molecule has 4 aromatic rings. The molecule has 0 amide bonds. The molecule has 0 saturated carbocycles. The smallest absolute Gasteiger partial charge is 0.0671 e. The van der Waals surface area contributed by atoms with Gasteiger partial charge in [-0.25, -0.2) is 0 Å². The van der Waals surface area contributed by atoms with E-state index in [1.807, 2.05) is 6.20 Å². The summed E-state index contributed by atoms with van der Waals surface area (Å²) in [5.41, 5.74) is 3.43. The van der Waals surface area contributed by atoms with Gasteiger partial charge in [0.15, 0.2) is 0 Å². The number of aromatic nitrogens is 3. The summed E-state index contributed by atoms with van der Waals surface area (Å²) in [6.45, 7) is 0. The molecule has 0 aliphatic heterocycles. The van der Waals surface area contributed by atoms with Crippen molar-refractivity contribution < 1.29 is 0 Å². The van der Waals surface area contributed by atoms with Crippen molar-refractivity contribution in [3.63, 3.8) is 0 Å². The molecule has 0 spiro atoms. The first kappa shape index (κ1) is 9.48. The van der Waals surface area contributed by atoms with E-state index in [-0.39, 0.29) is 0 Å². The fraction of sp³-hybridized carbons (Fsp3) is 0. The molecule has 2 aromatic heterocycles. The number of nitrogens with one attached hydrogen (secondary N) is 1. The highest BCUT2D eigenvalue weighted by Crippen LogP contribution is 2.22. The van der Waals surface area contributed by atoms with E-state index in [1.54, 1.807) is 0 Å². The highest BCUT2D eigenvalue weighted by atomic mass is 15.1. The Morgan fingerprint density at radius 2 is 1.89 bits per heavy atom. The second-order valence-electron chi connectivity index (χ2n) is 4.39. The fourth-order valence-electron chi connectivity index (χ4n) is 2.38. The molecular weight excluding hydrogens is 222 g/mol. The van der Waals surface area contributed by atoms with Gasteiger partial charge in [0, 0.05) is 17.3 Å². The van der Waals surface area contributed by atoms with Crippen molar-refractivity contribution in [1.29, 1.82) is 0 Å². The molecule has 4 rings (SSSR count). The quantitative estimate of drug-likeness (QED) is 0.536. The molecule has 0 bridgehead atoms. The molecule has 18 heavy (non-hydrogen) atoms. The Kier molecular flexibility index (Phi) is 1.83. The van der Waals surface area contributed by atoms with Crippen LogP contribution in [-0.4, -0.2) is 14.8 Å². The predicted molar refractivity (Wildman–Crippen MR) is 72.9 cm³/mol. The number of aromatic amines is 1. The molecular formula is C15H11N3. The lowest BCUT2D eigenvalue weighted by molar-refractivity contribution is 1.11. The molecule has 0 aliphatic rings. The predicted octanol–water partition coefficient (Wildman–Crippen LogP) is 3.51. The summed E-state index contributed by atoms with van der Waals surface area (Å²) >= 11 is 0. The second-order valence-corrected chi connectivity index (χ2v) is 4.39. The zero-order chi connectivity index (χ0) is 11.9. The third kappa shape index (κ3) is 1.27. The maximum Gasteiger partial charge on any atom is 0.0671 e. The molecule has 3 nitrogen and oxygen atoms in total. The third-order valence-corrected chi connectivity index (χ3v) is 3.30. The highest BCUT2D eigenvalue weighted by Gasteiger charge is 2.03. The zero-order valence-electron chi connectivity index (χ0n) is 9.67. The van der Waals surface area contributed by atoms with Gasteiger partial charge >= 0.3 is 0 Å². The lowest BCUT2D eigenvalue weighted by Gasteiger charge is -2.05. The van der Waals surface area contributed by atoms with Crippen LogP contribution in [0.4, 0.5) is 0 Å². The molecule has 86 valence electrons. The Balaban J connectivity index is 2.00. The van der Waals surface area contributed by atoms with Crippen LogP contribution in [0.2, 0.25) is 0 Å². The number of hydrogen-bond acceptors (Lipinski definition) is 1. The van der Waals surface area contributed by atoms with Gasteiger partial charge in [0.2, 0.25) is 0 Å². The van der Waals surface area contributed by atoms with Crippen LogP contribution in [0.1, 0.15) is 0 Å². The maximum absolute atomic E-state index is 4.05. The Labute approximate surface area is 104 Å². The van der Waals surface area contributed by atoms with Gasteiger partial charge in [-0.3, -0.25) is 5.10 Å². The van der Waals surface area contributed by atoms with E-state index in [0.717, 1.165) is 16.6 Å². The third-order valence-electron chi connectivity index (χ3n) is 3.30. The first-order valence-corrected chi connectivity index (χ1v) is 5.91.